The minimum atomic E-state index is -0.0510. The van der Waals surface area contributed by atoms with Gasteiger partial charge in [0.15, 0.2) is 17.5 Å². The Kier molecular flexibility index (Phi) is 9.20. The Labute approximate surface area is 175 Å². The van der Waals surface area contributed by atoms with E-state index in [-0.39, 0.29) is 13.2 Å². The predicted octanol–water partition coefficient (Wildman–Crippen LogP) is 3.63. The van der Waals surface area contributed by atoms with Crippen LogP contribution in [0.15, 0.2) is 41.4 Å². The third-order valence-electron chi connectivity index (χ3n) is 3.80. The average molecular weight is 426 g/mol. The second-order valence-corrected chi connectivity index (χ2v) is 6.69. The second-order valence-electron chi connectivity index (χ2n) is 5.84. The molecule has 0 saturated heterocycles. The van der Waals surface area contributed by atoms with Gasteiger partial charge in [-0.05, 0) is 42.3 Å². The Morgan fingerprint density at radius 2 is 1.93 bits per heavy atom. The molecule has 0 unspecified atom stereocenters. The molecule has 8 heteroatoms. The zero-order valence-electron chi connectivity index (χ0n) is 16.0. The summed E-state index contributed by atoms with van der Waals surface area (Å²) in [7, 11) is 1.58. The molecule has 2 rings (SSSR count). The quantitative estimate of drug-likeness (QED) is 0.422. The van der Waals surface area contributed by atoms with Crippen LogP contribution in [0.4, 0.5) is 0 Å². The monoisotopic (exact) mass is 425 g/mol. The van der Waals surface area contributed by atoms with E-state index in [1.807, 2.05) is 31.2 Å². The standard InChI is InChI=1S/C20H25Cl2N3O3/c1-3-23-20(25-13-15-5-6-16(21)11-17(15)22)24-12-14-4-7-18(28-9-8-26)19(10-14)27-2/h4-7,10-11,26H,3,8-9,12-13H2,1-2H3,(H2,23,24,25). The molecule has 0 aromatic heterocycles. The van der Waals surface area contributed by atoms with Crippen molar-refractivity contribution in [2.75, 3.05) is 26.9 Å². The van der Waals surface area contributed by atoms with Gasteiger partial charge in [-0.15, -0.1) is 0 Å². The summed E-state index contributed by atoms with van der Waals surface area (Å²) >= 11 is 12.2. The number of rotatable bonds is 9. The average Bonchev–Trinajstić information content (AvgIpc) is 2.69. The predicted molar refractivity (Wildman–Crippen MR) is 114 cm³/mol. The van der Waals surface area contributed by atoms with Crippen molar-refractivity contribution in [3.05, 3.63) is 57.6 Å². The number of ether oxygens (including phenoxy) is 2. The summed E-state index contributed by atoms with van der Waals surface area (Å²) in [6.45, 7) is 3.89. The van der Waals surface area contributed by atoms with Crippen molar-refractivity contribution in [1.82, 2.24) is 10.6 Å². The number of aliphatic hydroxyl groups is 1. The molecule has 0 saturated carbocycles. The van der Waals surface area contributed by atoms with E-state index >= 15 is 0 Å². The van der Waals surface area contributed by atoms with E-state index in [0.717, 1.165) is 17.7 Å². The van der Waals surface area contributed by atoms with E-state index in [9.17, 15) is 0 Å². The van der Waals surface area contributed by atoms with Crippen LogP contribution in [0.5, 0.6) is 11.5 Å². The molecular weight excluding hydrogens is 401 g/mol. The van der Waals surface area contributed by atoms with Gasteiger partial charge in [-0.25, -0.2) is 4.99 Å². The largest absolute Gasteiger partial charge is 0.493 e. The third-order valence-corrected chi connectivity index (χ3v) is 4.39. The van der Waals surface area contributed by atoms with Crippen molar-refractivity contribution in [3.8, 4) is 11.5 Å². The summed E-state index contributed by atoms with van der Waals surface area (Å²) in [6, 6.07) is 11.0. The van der Waals surface area contributed by atoms with Crippen molar-refractivity contribution in [2.45, 2.75) is 20.0 Å². The van der Waals surface area contributed by atoms with Gasteiger partial charge < -0.3 is 25.2 Å². The lowest BCUT2D eigenvalue weighted by Crippen LogP contribution is -2.36. The van der Waals surface area contributed by atoms with Gasteiger partial charge in [0.1, 0.15) is 6.61 Å². The fourth-order valence-corrected chi connectivity index (χ4v) is 2.92. The van der Waals surface area contributed by atoms with Crippen molar-refractivity contribution < 1.29 is 14.6 Å². The van der Waals surface area contributed by atoms with Crippen LogP contribution in [0, 0.1) is 0 Å². The number of nitrogens with one attached hydrogen (secondary N) is 2. The molecule has 0 bridgehead atoms. The highest BCUT2D eigenvalue weighted by Crippen LogP contribution is 2.28. The molecule has 0 radical (unpaired) electrons. The van der Waals surface area contributed by atoms with E-state index in [1.165, 1.54) is 0 Å². The molecule has 0 fully saturated rings. The summed E-state index contributed by atoms with van der Waals surface area (Å²) in [5.74, 6) is 1.87. The molecule has 2 aromatic carbocycles. The molecule has 2 aromatic rings. The molecule has 0 aliphatic heterocycles. The van der Waals surface area contributed by atoms with E-state index in [1.54, 1.807) is 19.2 Å². The third kappa shape index (κ3) is 6.78. The number of benzene rings is 2. The maximum atomic E-state index is 8.89. The zero-order chi connectivity index (χ0) is 20.4. The molecule has 0 aliphatic rings. The van der Waals surface area contributed by atoms with Gasteiger partial charge in [0, 0.05) is 23.1 Å². The van der Waals surface area contributed by atoms with Gasteiger partial charge in [-0.3, -0.25) is 0 Å². The van der Waals surface area contributed by atoms with Crippen LogP contribution in [-0.4, -0.2) is 37.9 Å². The molecule has 0 atom stereocenters. The van der Waals surface area contributed by atoms with Gasteiger partial charge in [-0.1, -0.05) is 35.3 Å². The minimum absolute atomic E-state index is 0.0510. The van der Waals surface area contributed by atoms with Gasteiger partial charge >= 0.3 is 0 Å². The minimum Gasteiger partial charge on any atom is -0.493 e. The van der Waals surface area contributed by atoms with Gasteiger partial charge in [-0.2, -0.15) is 0 Å². The van der Waals surface area contributed by atoms with Crippen molar-refractivity contribution in [1.29, 1.82) is 0 Å². The number of hydrogen-bond donors (Lipinski definition) is 3. The van der Waals surface area contributed by atoms with Crippen LogP contribution in [0.25, 0.3) is 0 Å². The number of halogens is 2. The molecule has 0 amide bonds. The zero-order valence-corrected chi connectivity index (χ0v) is 17.5. The van der Waals surface area contributed by atoms with E-state index in [4.69, 9.17) is 37.8 Å². The number of methoxy groups -OCH3 is 1. The van der Waals surface area contributed by atoms with Crippen LogP contribution in [-0.2, 0) is 13.1 Å². The van der Waals surface area contributed by atoms with Crippen LogP contribution < -0.4 is 20.1 Å². The normalized spacial score (nSPS) is 11.2. The van der Waals surface area contributed by atoms with E-state index in [0.29, 0.717) is 40.6 Å². The van der Waals surface area contributed by atoms with Gasteiger partial charge in [0.05, 0.1) is 20.3 Å². The molecule has 28 heavy (non-hydrogen) atoms. The van der Waals surface area contributed by atoms with Crippen LogP contribution in [0.2, 0.25) is 10.0 Å². The lowest BCUT2D eigenvalue weighted by atomic mass is 10.2. The van der Waals surface area contributed by atoms with Crippen molar-refractivity contribution in [3.63, 3.8) is 0 Å². The van der Waals surface area contributed by atoms with Crippen LogP contribution in [0.3, 0.4) is 0 Å². The first-order valence-corrected chi connectivity index (χ1v) is 9.69. The highest BCUT2D eigenvalue weighted by atomic mass is 35.5. The molecule has 0 aliphatic carbocycles. The first-order chi connectivity index (χ1) is 13.6. The Bertz CT molecular complexity index is 800. The summed E-state index contributed by atoms with van der Waals surface area (Å²) in [5, 5.41) is 16.6. The number of hydrogen-bond acceptors (Lipinski definition) is 4. The SMILES string of the molecule is CCNC(=NCc1ccc(OCCO)c(OC)c1)NCc1ccc(Cl)cc1Cl. The highest BCUT2D eigenvalue weighted by molar-refractivity contribution is 6.35. The van der Waals surface area contributed by atoms with Crippen molar-refractivity contribution >= 4 is 29.2 Å². The number of nitrogens with zero attached hydrogens (tertiary/aromatic N) is 1. The highest BCUT2D eigenvalue weighted by Gasteiger charge is 2.07. The van der Waals surface area contributed by atoms with Crippen LogP contribution >= 0.6 is 23.2 Å². The Balaban J connectivity index is 2.05. The van der Waals surface area contributed by atoms with Gasteiger partial charge in [0.2, 0.25) is 0 Å². The first kappa shape index (κ1) is 22.1. The maximum absolute atomic E-state index is 8.89. The number of aliphatic imine (C=N–C) groups is 1. The number of aliphatic hydroxyl groups excluding tert-OH is 1. The lowest BCUT2D eigenvalue weighted by Gasteiger charge is -2.13. The topological polar surface area (TPSA) is 75.1 Å². The summed E-state index contributed by atoms with van der Waals surface area (Å²) in [6.07, 6.45) is 0. The fraction of sp³-hybridized carbons (Fsp3) is 0.350. The van der Waals surface area contributed by atoms with E-state index in [2.05, 4.69) is 15.6 Å². The van der Waals surface area contributed by atoms with Crippen molar-refractivity contribution in [2.24, 2.45) is 4.99 Å². The Morgan fingerprint density at radius 1 is 1.11 bits per heavy atom. The number of guanidine groups is 1. The maximum Gasteiger partial charge on any atom is 0.191 e. The van der Waals surface area contributed by atoms with Crippen LogP contribution in [0.1, 0.15) is 18.1 Å². The molecule has 0 spiro atoms. The molecular formula is C20H25Cl2N3O3. The lowest BCUT2D eigenvalue weighted by molar-refractivity contribution is 0.196. The molecule has 152 valence electrons. The summed E-state index contributed by atoms with van der Waals surface area (Å²) in [4.78, 5) is 4.60. The second kappa shape index (κ2) is 11.6. The molecule has 3 N–H and O–H groups in total. The summed E-state index contributed by atoms with van der Waals surface area (Å²) < 4.78 is 10.8. The van der Waals surface area contributed by atoms with E-state index < -0.39 is 0 Å². The Hall–Kier alpha value is -2.15. The fourth-order valence-electron chi connectivity index (χ4n) is 2.44. The molecule has 0 heterocycles. The molecule has 6 nitrogen and oxygen atoms in total. The Morgan fingerprint density at radius 3 is 2.61 bits per heavy atom. The first-order valence-electron chi connectivity index (χ1n) is 8.94. The summed E-state index contributed by atoms with van der Waals surface area (Å²) in [5.41, 5.74) is 1.90. The van der Waals surface area contributed by atoms with Gasteiger partial charge in [0.25, 0.3) is 0 Å². The smallest absolute Gasteiger partial charge is 0.191 e.